The molecule has 0 saturated heterocycles. The SMILES string of the molecule is CCC(C)CC(C)NC1CC(C)(C)Oc2ccccc21. The maximum Gasteiger partial charge on any atom is 0.124 e. The average molecular weight is 275 g/mol. The Morgan fingerprint density at radius 3 is 2.70 bits per heavy atom. The summed E-state index contributed by atoms with van der Waals surface area (Å²) in [6.45, 7) is 11.3. The van der Waals surface area contributed by atoms with Gasteiger partial charge in [-0.05, 0) is 39.2 Å². The van der Waals surface area contributed by atoms with E-state index in [0.717, 1.165) is 18.1 Å². The lowest BCUT2D eigenvalue weighted by Crippen LogP contribution is -2.42. The molecule has 1 aliphatic heterocycles. The van der Waals surface area contributed by atoms with Crippen LogP contribution in [0, 0.1) is 5.92 Å². The van der Waals surface area contributed by atoms with Gasteiger partial charge >= 0.3 is 0 Å². The first-order valence-corrected chi connectivity index (χ1v) is 7.95. The smallest absolute Gasteiger partial charge is 0.124 e. The molecule has 112 valence electrons. The van der Waals surface area contributed by atoms with Crippen molar-refractivity contribution in [2.75, 3.05) is 0 Å². The molecule has 1 aliphatic rings. The van der Waals surface area contributed by atoms with Crippen molar-refractivity contribution < 1.29 is 4.74 Å². The van der Waals surface area contributed by atoms with Gasteiger partial charge in [0, 0.05) is 24.1 Å². The molecule has 0 aromatic heterocycles. The van der Waals surface area contributed by atoms with Crippen LogP contribution in [0.5, 0.6) is 5.75 Å². The second-order valence-electron chi connectivity index (χ2n) is 6.97. The van der Waals surface area contributed by atoms with E-state index in [-0.39, 0.29) is 5.60 Å². The molecule has 2 nitrogen and oxygen atoms in total. The number of hydrogen-bond acceptors (Lipinski definition) is 2. The number of nitrogens with one attached hydrogen (secondary N) is 1. The van der Waals surface area contributed by atoms with Gasteiger partial charge in [-0.15, -0.1) is 0 Å². The van der Waals surface area contributed by atoms with E-state index in [0.29, 0.717) is 12.1 Å². The fourth-order valence-corrected chi connectivity index (χ4v) is 3.13. The molecule has 0 amide bonds. The van der Waals surface area contributed by atoms with Crippen LogP contribution < -0.4 is 10.1 Å². The summed E-state index contributed by atoms with van der Waals surface area (Å²) in [5.74, 6) is 1.82. The van der Waals surface area contributed by atoms with Crippen molar-refractivity contribution in [3.8, 4) is 5.75 Å². The first kappa shape index (κ1) is 15.4. The minimum absolute atomic E-state index is 0.0951. The highest BCUT2D eigenvalue weighted by Crippen LogP contribution is 2.39. The molecule has 0 saturated carbocycles. The minimum Gasteiger partial charge on any atom is -0.487 e. The standard InChI is InChI=1S/C18H29NO/c1-6-13(2)11-14(3)19-16-12-18(4,5)20-17-10-8-7-9-15(16)17/h7-10,13-14,16,19H,6,11-12H2,1-5H3. The fraction of sp³-hybridized carbons (Fsp3) is 0.667. The van der Waals surface area contributed by atoms with Gasteiger partial charge in [-0.2, -0.15) is 0 Å². The van der Waals surface area contributed by atoms with Crippen LogP contribution in [-0.4, -0.2) is 11.6 Å². The van der Waals surface area contributed by atoms with Gasteiger partial charge in [0.15, 0.2) is 0 Å². The van der Waals surface area contributed by atoms with Crippen molar-refractivity contribution in [1.82, 2.24) is 5.32 Å². The summed E-state index contributed by atoms with van der Waals surface area (Å²) in [5.41, 5.74) is 1.21. The van der Waals surface area contributed by atoms with Crippen molar-refractivity contribution in [1.29, 1.82) is 0 Å². The van der Waals surface area contributed by atoms with Crippen LogP contribution >= 0.6 is 0 Å². The van der Waals surface area contributed by atoms with Crippen molar-refractivity contribution >= 4 is 0 Å². The second kappa shape index (κ2) is 6.17. The molecule has 3 unspecified atom stereocenters. The second-order valence-corrected chi connectivity index (χ2v) is 6.97. The molecule has 1 aromatic rings. The van der Waals surface area contributed by atoms with Crippen molar-refractivity contribution in [3.05, 3.63) is 29.8 Å². The van der Waals surface area contributed by atoms with Crippen molar-refractivity contribution in [3.63, 3.8) is 0 Å². The molecule has 1 aromatic carbocycles. The molecule has 0 bridgehead atoms. The topological polar surface area (TPSA) is 21.3 Å². The number of para-hydroxylation sites is 1. The highest BCUT2D eigenvalue weighted by molar-refractivity contribution is 5.38. The van der Waals surface area contributed by atoms with Crippen LogP contribution in [0.4, 0.5) is 0 Å². The summed E-state index contributed by atoms with van der Waals surface area (Å²) in [5, 5.41) is 3.82. The van der Waals surface area contributed by atoms with Gasteiger partial charge in [-0.25, -0.2) is 0 Å². The highest BCUT2D eigenvalue weighted by atomic mass is 16.5. The molecule has 1 N–H and O–H groups in total. The fourth-order valence-electron chi connectivity index (χ4n) is 3.13. The van der Waals surface area contributed by atoms with E-state index in [9.17, 15) is 0 Å². The maximum absolute atomic E-state index is 6.09. The van der Waals surface area contributed by atoms with Gasteiger partial charge in [0.05, 0.1) is 0 Å². The summed E-state index contributed by atoms with van der Waals surface area (Å²) in [6.07, 6.45) is 3.51. The number of fused-ring (bicyclic) bond motifs is 1. The number of hydrogen-bond donors (Lipinski definition) is 1. The van der Waals surface area contributed by atoms with E-state index < -0.39 is 0 Å². The molecule has 2 heteroatoms. The molecule has 0 radical (unpaired) electrons. The highest BCUT2D eigenvalue weighted by Gasteiger charge is 2.33. The molecule has 20 heavy (non-hydrogen) atoms. The monoisotopic (exact) mass is 275 g/mol. The number of ether oxygens (including phenoxy) is 1. The lowest BCUT2D eigenvalue weighted by Gasteiger charge is -2.39. The zero-order chi connectivity index (χ0) is 14.8. The molecule has 3 atom stereocenters. The molecular weight excluding hydrogens is 246 g/mol. The Labute approximate surface area is 123 Å². The molecule has 0 aliphatic carbocycles. The van der Waals surface area contributed by atoms with Gasteiger partial charge in [-0.3, -0.25) is 0 Å². The van der Waals surface area contributed by atoms with Gasteiger partial charge < -0.3 is 10.1 Å². The van der Waals surface area contributed by atoms with E-state index in [2.05, 4.69) is 64.2 Å². The van der Waals surface area contributed by atoms with E-state index in [1.165, 1.54) is 18.4 Å². The molecule has 0 spiro atoms. The first-order chi connectivity index (χ1) is 9.41. The quantitative estimate of drug-likeness (QED) is 0.840. The predicted octanol–water partition coefficient (Wildman–Crippen LogP) is 4.70. The van der Waals surface area contributed by atoms with Crippen molar-refractivity contribution in [2.45, 2.75) is 71.6 Å². The van der Waals surface area contributed by atoms with Crippen LogP contribution in [0.25, 0.3) is 0 Å². The number of benzene rings is 1. The Morgan fingerprint density at radius 2 is 2.00 bits per heavy atom. The van der Waals surface area contributed by atoms with Crippen LogP contribution in [0.3, 0.4) is 0 Å². The summed E-state index contributed by atoms with van der Waals surface area (Å²) < 4.78 is 6.09. The van der Waals surface area contributed by atoms with E-state index >= 15 is 0 Å². The Morgan fingerprint density at radius 1 is 1.30 bits per heavy atom. The van der Waals surface area contributed by atoms with E-state index in [4.69, 9.17) is 4.74 Å². The Hall–Kier alpha value is -1.02. The maximum atomic E-state index is 6.09. The summed E-state index contributed by atoms with van der Waals surface area (Å²) in [7, 11) is 0. The molecular formula is C18H29NO. The summed E-state index contributed by atoms with van der Waals surface area (Å²) in [6, 6.07) is 9.38. The van der Waals surface area contributed by atoms with Crippen LogP contribution in [0.15, 0.2) is 24.3 Å². The lowest BCUT2D eigenvalue weighted by molar-refractivity contribution is 0.0634. The molecule has 2 rings (SSSR count). The van der Waals surface area contributed by atoms with Gasteiger partial charge in [0.2, 0.25) is 0 Å². The largest absolute Gasteiger partial charge is 0.487 e. The summed E-state index contributed by atoms with van der Waals surface area (Å²) >= 11 is 0. The zero-order valence-electron chi connectivity index (χ0n) is 13.6. The average Bonchev–Trinajstić information content (AvgIpc) is 2.37. The Kier molecular flexibility index (Phi) is 4.74. The number of rotatable bonds is 5. The van der Waals surface area contributed by atoms with Gasteiger partial charge in [0.25, 0.3) is 0 Å². The molecule has 0 fully saturated rings. The predicted molar refractivity (Wildman–Crippen MR) is 85.2 cm³/mol. The zero-order valence-corrected chi connectivity index (χ0v) is 13.6. The van der Waals surface area contributed by atoms with Gasteiger partial charge in [-0.1, -0.05) is 38.5 Å². The third-order valence-corrected chi connectivity index (χ3v) is 4.31. The van der Waals surface area contributed by atoms with Crippen molar-refractivity contribution in [2.24, 2.45) is 5.92 Å². The van der Waals surface area contributed by atoms with Crippen LogP contribution in [0.1, 0.15) is 65.5 Å². The third kappa shape index (κ3) is 3.76. The third-order valence-electron chi connectivity index (χ3n) is 4.31. The van der Waals surface area contributed by atoms with Crippen LogP contribution in [0.2, 0.25) is 0 Å². The Balaban J connectivity index is 2.11. The van der Waals surface area contributed by atoms with Gasteiger partial charge in [0.1, 0.15) is 11.4 Å². The summed E-state index contributed by atoms with van der Waals surface area (Å²) in [4.78, 5) is 0. The Bertz CT molecular complexity index is 441. The van der Waals surface area contributed by atoms with Crippen LogP contribution in [-0.2, 0) is 0 Å². The molecule has 1 heterocycles. The normalized spacial score (nSPS) is 23.6. The van der Waals surface area contributed by atoms with E-state index in [1.54, 1.807) is 0 Å². The van der Waals surface area contributed by atoms with E-state index in [1.807, 2.05) is 0 Å². The first-order valence-electron chi connectivity index (χ1n) is 7.95. The minimum atomic E-state index is -0.0951. The lowest BCUT2D eigenvalue weighted by atomic mass is 9.88.